The van der Waals surface area contributed by atoms with Gasteiger partial charge < -0.3 is 5.21 Å². The first kappa shape index (κ1) is 21.3. The lowest BCUT2D eigenvalue weighted by atomic mass is 9.96. The highest BCUT2D eigenvalue weighted by Crippen LogP contribution is 2.43. The molecule has 2 fully saturated rings. The van der Waals surface area contributed by atoms with Crippen LogP contribution in [0.2, 0.25) is 0 Å². The number of oxime groups is 1. The molecule has 1 aromatic heterocycles. The number of fused-ring (bicyclic) bond motifs is 1. The molecule has 1 aliphatic carbocycles. The largest absolute Gasteiger partial charge is 0.411 e. The Morgan fingerprint density at radius 2 is 2.03 bits per heavy atom. The molecule has 2 aromatic rings. The fourth-order valence-electron chi connectivity index (χ4n) is 4.60. The predicted octanol–water partition coefficient (Wildman–Crippen LogP) is 2.10. The van der Waals surface area contributed by atoms with E-state index in [1.165, 1.54) is 10.4 Å². The molecule has 2 unspecified atom stereocenters. The Bertz CT molecular complexity index is 1060. The summed E-state index contributed by atoms with van der Waals surface area (Å²) in [5, 5.41) is 26.0. The minimum atomic E-state index is -3.64. The molecule has 4 rings (SSSR count). The van der Waals surface area contributed by atoms with Gasteiger partial charge in [-0.05, 0) is 75.8 Å². The van der Waals surface area contributed by atoms with Gasteiger partial charge in [-0.2, -0.15) is 12.7 Å². The lowest BCUT2D eigenvalue weighted by Crippen LogP contribution is -2.35. The Balaban J connectivity index is 1.43. The van der Waals surface area contributed by atoms with E-state index >= 15 is 0 Å². The second kappa shape index (κ2) is 8.33. The monoisotopic (exact) mass is 501 g/mol. The van der Waals surface area contributed by atoms with Crippen molar-refractivity contribution in [3.63, 3.8) is 0 Å². The molecule has 0 radical (unpaired) electrons. The maximum absolute atomic E-state index is 13.5. The lowest BCUT2D eigenvalue weighted by Gasteiger charge is -2.16. The summed E-state index contributed by atoms with van der Waals surface area (Å²) in [6.45, 7) is 0.902. The van der Waals surface area contributed by atoms with Gasteiger partial charge in [0.15, 0.2) is 5.69 Å². The fourth-order valence-corrected chi connectivity index (χ4v) is 5.82. The Hall–Kier alpha value is -1.89. The standard InChI is InChI=1S/C18H21BrFN5O4S/c19-14-5-10(1-2-15(14)20)6-16(22-26)18-17(23-29-24-18)7-11-3-12-8-25(30(21,27)28)9-13(12)4-11/h1-2,5,11-13,26H,3-4,6-9H2,(H2,21,27,28). The summed E-state index contributed by atoms with van der Waals surface area (Å²) >= 11 is 3.15. The average Bonchev–Trinajstić information content (AvgIpc) is 3.37. The van der Waals surface area contributed by atoms with Crippen LogP contribution in [-0.2, 0) is 23.1 Å². The zero-order valence-electron chi connectivity index (χ0n) is 15.9. The molecule has 0 amide bonds. The molecule has 1 aromatic carbocycles. The van der Waals surface area contributed by atoms with E-state index < -0.39 is 10.2 Å². The highest BCUT2D eigenvalue weighted by atomic mass is 79.9. The molecule has 2 heterocycles. The topological polar surface area (TPSA) is 135 Å². The fraction of sp³-hybridized carbons (Fsp3) is 0.500. The third-order valence-electron chi connectivity index (χ3n) is 5.96. The molecule has 162 valence electrons. The van der Waals surface area contributed by atoms with Gasteiger partial charge in [0.25, 0.3) is 10.2 Å². The van der Waals surface area contributed by atoms with Crippen molar-refractivity contribution >= 4 is 31.9 Å². The van der Waals surface area contributed by atoms with Crippen molar-refractivity contribution in [2.75, 3.05) is 13.1 Å². The summed E-state index contributed by atoms with van der Waals surface area (Å²) in [5.41, 5.74) is 1.99. The lowest BCUT2D eigenvalue weighted by molar-refractivity contribution is 0.298. The first-order valence-electron chi connectivity index (χ1n) is 9.49. The number of rotatable bonds is 6. The molecular formula is C18H21BrFN5O4S. The van der Waals surface area contributed by atoms with Crippen LogP contribution in [0.1, 0.15) is 29.8 Å². The summed E-state index contributed by atoms with van der Waals surface area (Å²) < 4.78 is 43.2. The summed E-state index contributed by atoms with van der Waals surface area (Å²) in [6, 6.07) is 4.55. The van der Waals surface area contributed by atoms with Gasteiger partial charge >= 0.3 is 0 Å². The van der Waals surface area contributed by atoms with Crippen LogP contribution in [0.3, 0.4) is 0 Å². The third kappa shape index (κ3) is 4.41. The second-order valence-electron chi connectivity index (χ2n) is 7.96. The number of hydrogen-bond donors (Lipinski definition) is 2. The van der Waals surface area contributed by atoms with Crippen LogP contribution in [0.5, 0.6) is 0 Å². The van der Waals surface area contributed by atoms with Gasteiger partial charge in [-0.1, -0.05) is 16.4 Å². The molecule has 3 N–H and O–H groups in total. The molecule has 30 heavy (non-hydrogen) atoms. The van der Waals surface area contributed by atoms with Crippen LogP contribution < -0.4 is 5.14 Å². The summed E-state index contributed by atoms with van der Waals surface area (Å²) in [7, 11) is -3.64. The van der Waals surface area contributed by atoms with Crippen molar-refractivity contribution in [1.29, 1.82) is 0 Å². The average molecular weight is 502 g/mol. The van der Waals surface area contributed by atoms with Gasteiger partial charge in [0, 0.05) is 19.5 Å². The SMILES string of the molecule is NS(=O)(=O)N1CC2CC(Cc3nonc3C(Cc3ccc(F)c(Br)c3)=NO)CC2C1. The predicted molar refractivity (Wildman–Crippen MR) is 109 cm³/mol. The van der Waals surface area contributed by atoms with E-state index in [0.29, 0.717) is 41.3 Å². The number of benzene rings is 1. The van der Waals surface area contributed by atoms with Gasteiger partial charge in [-0.3, -0.25) is 0 Å². The minimum Gasteiger partial charge on any atom is -0.411 e. The number of nitrogens with zero attached hydrogens (tertiary/aromatic N) is 4. The van der Waals surface area contributed by atoms with Crippen molar-refractivity contribution in [1.82, 2.24) is 14.6 Å². The number of nitrogens with two attached hydrogens (primary N) is 1. The van der Waals surface area contributed by atoms with E-state index in [1.54, 1.807) is 12.1 Å². The summed E-state index contributed by atoms with van der Waals surface area (Å²) in [6.07, 6.45) is 2.54. The molecule has 1 aliphatic heterocycles. The van der Waals surface area contributed by atoms with Crippen LogP contribution in [-0.4, -0.2) is 47.0 Å². The van der Waals surface area contributed by atoms with Crippen molar-refractivity contribution in [2.45, 2.75) is 25.7 Å². The third-order valence-corrected chi connectivity index (χ3v) is 7.59. The number of aromatic nitrogens is 2. The van der Waals surface area contributed by atoms with E-state index in [4.69, 9.17) is 9.77 Å². The first-order chi connectivity index (χ1) is 14.2. The number of halogens is 2. The normalized spacial score (nSPS) is 25.0. The molecule has 12 heteroatoms. The van der Waals surface area contributed by atoms with Crippen molar-refractivity contribution < 1.29 is 22.6 Å². The van der Waals surface area contributed by atoms with Crippen molar-refractivity contribution in [3.05, 3.63) is 45.4 Å². The zero-order valence-corrected chi connectivity index (χ0v) is 18.3. The minimum absolute atomic E-state index is 0.232. The Morgan fingerprint density at radius 1 is 1.33 bits per heavy atom. The van der Waals surface area contributed by atoms with Gasteiger partial charge in [0.1, 0.15) is 17.2 Å². The molecule has 1 saturated heterocycles. The van der Waals surface area contributed by atoms with Crippen LogP contribution in [0.25, 0.3) is 0 Å². The van der Waals surface area contributed by atoms with Gasteiger partial charge in [-0.15, -0.1) is 0 Å². The maximum atomic E-state index is 13.5. The zero-order chi connectivity index (χ0) is 21.5. The van der Waals surface area contributed by atoms with E-state index in [1.807, 2.05) is 0 Å². The van der Waals surface area contributed by atoms with Crippen molar-refractivity contribution in [3.8, 4) is 0 Å². The molecule has 2 aliphatic rings. The number of hydrogen-bond acceptors (Lipinski definition) is 7. The Labute approximate surface area is 181 Å². The van der Waals surface area contributed by atoms with Crippen LogP contribution in [0.4, 0.5) is 4.39 Å². The molecule has 0 spiro atoms. The quantitative estimate of drug-likeness (QED) is 0.353. The van der Waals surface area contributed by atoms with Gasteiger partial charge in [-0.25, -0.2) is 14.2 Å². The van der Waals surface area contributed by atoms with Gasteiger partial charge in [0.2, 0.25) is 0 Å². The first-order valence-corrected chi connectivity index (χ1v) is 11.8. The van der Waals surface area contributed by atoms with Crippen molar-refractivity contribution in [2.24, 2.45) is 28.0 Å². The maximum Gasteiger partial charge on any atom is 0.276 e. The smallest absolute Gasteiger partial charge is 0.276 e. The van der Waals surface area contributed by atoms with Crippen LogP contribution in [0.15, 0.2) is 32.5 Å². The Kier molecular flexibility index (Phi) is 5.93. The van der Waals surface area contributed by atoms with Crippen LogP contribution in [0, 0.1) is 23.6 Å². The molecular weight excluding hydrogens is 481 g/mol. The van der Waals surface area contributed by atoms with Gasteiger partial charge in [0.05, 0.1) is 4.47 Å². The summed E-state index contributed by atoms with van der Waals surface area (Å²) in [4.78, 5) is 0. The molecule has 0 bridgehead atoms. The molecule has 9 nitrogen and oxygen atoms in total. The van der Waals surface area contributed by atoms with E-state index in [9.17, 15) is 18.0 Å². The van der Waals surface area contributed by atoms with E-state index in [-0.39, 0.29) is 29.8 Å². The van der Waals surface area contributed by atoms with E-state index in [2.05, 4.69) is 31.4 Å². The molecule has 1 saturated carbocycles. The van der Waals surface area contributed by atoms with E-state index in [0.717, 1.165) is 18.4 Å². The van der Waals surface area contributed by atoms with Crippen LogP contribution >= 0.6 is 15.9 Å². The highest BCUT2D eigenvalue weighted by molar-refractivity contribution is 9.10. The summed E-state index contributed by atoms with van der Waals surface area (Å²) in [5.74, 6) is 0.476. The second-order valence-corrected chi connectivity index (χ2v) is 10.4. The molecule has 2 atom stereocenters. The Morgan fingerprint density at radius 3 is 2.63 bits per heavy atom. The highest BCUT2D eigenvalue weighted by Gasteiger charge is 2.44.